The summed E-state index contributed by atoms with van der Waals surface area (Å²) in [6, 6.07) is 11.9. The maximum absolute atomic E-state index is 12.3. The number of carbonyl (C=O) groups is 2. The largest absolute Gasteiger partial charge is 0.482 e. The van der Waals surface area contributed by atoms with Gasteiger partial charge in [0.2, 0.25) is 0 Å². The van der Waals surface area contributed by atoms with E-state index in [0.29, 0.717) is 34.3 Å². The molecule has 2 amide bonds. The molecule has 3 rings (SSSR count). The van der Waals surface area contributed by atoms with Crippen molar-refractivity contribution in [2.24, 2.45) is 0 Å². The van der Waals surface area contributed by atoms with Gasteiger partial charge in [0.25, 0.3) is 11.8 Å². The molecule has 0 spiro atoms. The maximum Gasteiger partial charge on any atom is 0.265 e. The lowest BCUT2D eigenvalue weighted by atomic mass is 10.1. The summed E-state index contributed by atoms with van der Waals surface area (Å²) in [5.74, 6) is 0.329. The van der Waals surface area contributed by atoms with E-state index in [1.807, 2.05) is 6.92 Å². The fraction of sp³-hybridized carbons (Fsp3) is 0.222. The van der Waals surface area contributed by atoms with Crippen molar-refractivity contribution in [1.29, 1.82) is 0 Å². The van der Waals surface area contributed by atoms with E-state index < -0.39 is 0 Å². The average molecular weight is 345 g/mol. The summed E-state index contributed by atoms with van der Waals surface area (Å²) in [5, 5.41) is 3.40. The molecule has 1 N–H and O–H groups in total. The summed E-state index contributed by atoms with van der Waals surface area (Å²) in [6.45, 7) is 2.67. The van der Waals surface area contributed by atoms with E-state index >= 15 is 0 Å². The number of nitrogens with zero attached hydrogens (tertiary/aromatic N) is 1. The molecule has 0 aromatic heterocycles. The molecule has 24 heavy (non-hydrogen) atoms. The molecule has 0 bridgehead atoms. The van der Waals surface area contributed by atoms with Crippen molar-refractivity contribution in [3.05, 3.63) is 53.1 Å². The van der Waals surface area contributed by atoms with Crippen LogP contribution in [0.5, 0.6) is 5.75 Å². The molecule has 0 aliphatic carbocycles. The number of hydrogen-bond donors (Lipinski definition) is 1. The van der Waals surface area contributed by atoms with Crippen LogP contribution < -0.4 is 15.0 Å². The Morgan fingerprint density at radius 2 is 2.00 bits per heavy atom. The van der Waals surface area contributed by atoms with E-state index in [2.05, 4.69) is 5.32 Å². The number of nitrogens with one attached hydrogen (secondary N) is 1. The molecule has 0 radical (unpaired) electrons. The van der Waals surface area contributed by atoms with Crippen molar-refractivity contribution in [3.8, 4) is 5.75 Å². The first-order chi connectivity index (χ1) is 11.6. The van der Waals surface area contributed by atoms with Gasteiger partial charge in [-0.15, -0.1) is 0 Å². The first-order valence-corrected chi connectivity index (χ1v) is 8.10. The highest BCUT2D eigenvalue weighted by molar-refractivity contribution is 6.30. The van der Waals surface area contributed by atoms with E-state index in [1.54, 1.807) is 47.4 Å². The van der Waals surface area contributed by atoms with Gasteiger partial charge in [-0.2, -0.15) is 0 Å². The molecular weight excluding hydrogens is 328 g/mol. The minimum Gasteiger partial charge on any atom is -0.482 e. The molecule has 124 valence electrons. The molecule has 0 unspecified atom stereocenters. The molecule has 5 nitrogen and oxygen atoms in total. The van der Waals surface area contributed by atoms with E-state index in [4.69, 9.17) is 16.3 Å². The van der Waals surface area contributed by atoms with Crippen LogP contribution in [0.2, 0.25) is 5.02 Å². The number of hydrogen-bond acceptors (Lipinski definition) is 3. The quantitative estimate of drug-likeness (QED) is 0.919. The number of fused-ring (bicyclic) bond motifs is 1. The number of anilines is 2. The third kappa shape index (κ3) is 3.36. The number of rotatable bonds is 4. The highest BCUT2D eigenvalue weighted by Gasteiger charge is 2.25. The van der Waals surface area contributed by atoms with Crippen molar-refractivity contribution in [3.63, 3.8) is 0 Å². The van der Waals surface area contributed by atoms with Crippen molar-refractivity contribution < 1.29 is 14.3 Å². The molecular formula is C18H17ClN2O3. The molecule has 1 aliphatic heterocycles. The number of benzene rings is 2. The molecule has 2 aromatic rings. The lowest BCUT2D eigenvalue weighted by Gasteiger charge is -2.29. The normalized spacial score (nSPS) is 13.2. The molecule has 1 heterocycles. The van der Waals surface area contributed by atoms with E-state index in [1.165, 1.54) is 0 Å². The Kier molecular flexibility index (Phi) is 4.71. The lowest BCUT2D eigenvalue weighted by Crippen LogP contribution is -2.39. The van der Waals surface area contributed by atoms with Crippen molar-refractivity contribution >= 4 is 34.8 Å². The van der Waals surface area contributed by atoms with E-state index in [-0.39, 0.29) is 18.4 Å². The summed E-state index contributed by atoms with van der Waals surface area (Å²) in [6.07, 6.45) is 0.840. The zero-order valence-electron chi connectivity index (χ0n) is 13.2. The minimum atomic E-state index is -0.239. The summed E-state index contributed by atoms with van der Waals surface area (Å²) in [7, 11) is 0. The number of amides is 2. The Morgan fingerprint density at radius 1 is 1.25 bits per heavy atom. The van der Waals surface area contributed by atoms with Gasteiger partial charge < -0.3 is 15.0 Å². The Balaban J connectivity index is 1.84. The molecule has 0 fully saturated rings. The first-order valence-electron chi connectivity index (χ1n) is 7.72. The van der Waals surface area contributed by atoms with Crippen LogP contribution in [0.4, 0.5) is 11.4 Å². The van der Waals surface area contributed by atoms with Crippen LogP contribution in [0.15, 0.2) is 42.5 Å². The van der Waals surface area contributed by atoms with Gasteiger partial charge in [-0.05, 0) is 48.9 Å². The van der Waals surface area contributed by atoms with Crippen LogP contribution in [0, 0.1) is 0 Å². The molecule has 0 saturated heterocycles. The second-order valence-electron chi connectivity index (χ2n) is 5.48. The second kappa shape index (κ2) is 6.93. The maximum atomic E-state index is 12.3. The summed E-state index contributed by atoms with van der Waals surface area (Å²) in [5.41, 5.74) is 1.80. The number of halogens is 1. The summed E-state index contributed by atoms with van der Waals surface area (Å²) in [4.78, 5) is 26.0. The number of ether oxygens (including phenoxy) is 1. The Morgan fingerprint density at radius 3 is 2.71 bits per heavy atom. The van der Waals surface area contributed by atoms with Crippen LogP contribution >= 0.6 is 11.6 Å². The monoisotopic (exact) mass is 344 g/mol. The Labute approximate surface area is 145 Å². The third-order valence-corrected chi connectivity index (χ3v) is 3.97. The van der Waals surface area contributed by atoms with Gasteiger partial charge in [-0.3, -0.25) is 9.59 Å². The zero-order valence-corrected chi connectivity index (χ0v) is 14.0. The molecule has 0 saturated carbocycles. The Bertz CT molecular complexity index is 774. The molecule has 6 heteroatoms. The standard InChI is InChI=1S/C18H17ClN2O3/c1-2-9-21-15-10-14(7-8-16(15)24-11-17(21)22)20-18(23)12-3-5-13(19)6-4-12/h3-8,10H,2,9,11H2,1H3,(H,20,23). The van der Waals surface area contributed by atoms with Gasteiger partial charge in [0.1, 0.15) is 5.75 Å². The average Bonchev–Trinajstić information content (AvgIpc) is 2.58. The van der Waals surface area contributed by atoms with Crippen LogP contribution in [0.25, 0.3) is 0 Å². The summed E-state index contributed by atoms with van der Waals surface area (Å²) < 4.78 is 5.45. The van der Waals surface area contributed by atoms with Gasteiger partial charge >= 0.3 is 0 Å². The third-order valence-electron chi connectivity index (χ3n) is 3.71. The predicted octanol–water partition coefficient (Wildman–Crippen LogP) is 3.73. The van der Waals surface area contributed by atoms with Gasteiger partial charge in [0.05, 0.1) is 5.69 Å². The van der Waals surface area contributed by atoms with Crippen molar-refractivity contribution in [2.45, 2.75) is 13.3 Å². The van der Waals surface area contributed by atoms with Gasteiger partial charge in [0.15, 0.2) is 6.61 Å². The minimum absolute atomic E-state index is 0.0451. The highest BCUT2D eigenvalue weighted by Crippen LogP contribution is 2.34. The van der Waals surface area contributed by atoms with Crippen molar-refractivity contribution in [2.75, 3.05) is 23.4 Å². The zero-order chi connectivity index (χ0) is 17.1. The lowest BCUT2D eigenvalue weighted by molar-refractivity contribution is -0.121. The fourth-order valence-corrected chi connectivity index (χ4v) is 2.68. The smallest absolute Gasteiger partial charge is 0.265 e. The topological polar surface area (TPSA) is 58.6 Å². The second-order valence-corrected chi connectivity index (χ2v) is 5.91. The van der Waals surface area contributed by atoms with Gasteiger partial charge in [-0.1, -0.05) is 18.5 Å². The fourth-order valence-electron chi connectivity index (χ4n) is 2.55. The van der Waals surface area contributed by atoms with E-state index in [9.17, 15) is 9.59 Å². The first kappa shape index (κ1) is 16.3. The molecule has 1 aliphatic rings. The van der Waals surface area contributed by atoms with Crippen LogP contribution in [-0.2, 0) is 4.79 Å². The SMILES string of the molecule is CCCN1C(=O)COc2ccc(NC(=O)c3ccc(Cl)cc3)cc21. The molecule has 0 atom stereocenters. The van der Waals surface area contributed by atoms with Crippen molar-refractivity contribution in [1.82, 2.24) is 0 Å². The highest BCUT2D eigenvalue weighted by atomic mass is 35.5. The van der Waals surface area contributed by atoms with E-state index in [0.717, 1.165) is 6.42 Å². The summed E-state index contributed by atoms with van der Waals surface area (Å²) >= 11 is 5.83. The van der Waals surface area contributed by atoms with Crippen LogP contribution in [0.3, 0.4) is 0 Å². The Hall–Kier alpha value is -2.53. The predicted molar refractivity (Wildman–Crippen MR) is 94.0 cm³/mol. The van der Waals surface area contributed by atoms with Crippen LogP contribution in [0.1, 0.15) is 23.7 Å². The number of carbonyl (C=O) groups excluding carboxylic acids is 2. The molecule has 2 aromatic carbocycles. The van der Waals surface area contributed by atoms with Crippen LogP contribution in [-0.4, -0.2) is 25.0 Å². The van der Waals surface area contributed by atoms with Gasteiger partial charge in [0, 0.05) is 22.8 Å². The van der Waals surface area contributed by atoms with Gasteiger partial charge in [-0.25, -0.2) is 0 Å².